The summed E-state index contributed by atoms with van der Waals surface area (Å²) in [6.07, 6.45) is 1.05. The first-order valence-corrected chi connectivity index (χ1v) is 6.60. The Balaban J connectivity index is 2.32. The fraction of sp³-hybridized carbons (Fsp3) is 0.875. The molecule has 0 aromatic rings. The summed E-state index contributed by atoms with van der Waals surface area (Å²) in [5.41, 5.74) is 0. The second kappa shape index (κ2) is 4.63. The Bertz CT molecular complexity index is 286. The summed E-state index contributed by atoms with van der Waals surface area (Å²) in [7, 11) is -2.84. The summed E-state index contributed by atoms with van der Waals surface area (Å²) < 4.78 is 22.2. The summed E-state index contributed by atoms with van der Waals surface area (Å²) in [5.74, 6) is 0.369. The van der Waals surface area contributed by atoms with Crippen LogP contribution in [-0.4, -0.2) is 38.5 Å². The van der Waals surface area contributed by atoms with E-state index < -0.39 is 9.84 Å². The van der Waals surface area contributed by atoms with Crippen LogP contribution < -0.4 is 10.6 Å². The number of hydrogen-bond donors (Lipinski definition) is 2. The van der Waals surface area contributed by atoms with Gasteiger partial charge in [-0.05, 0) is 19.8 Å². The van der Waals surface area contributed by atoms with Crippen molar-refractivity contribution < 1.29 is 13.2 Å². The Morgan fingerprint density at radius 3 is 2.43 bits per heavy atom. The second-order valence-electron chi connectivity index (χ2n) is 3.43. The summed E-state index contributed by atoms with van der Waals surface area (Å²) in [6.45, 7) is 2.42. The third-order valence-corrected chi connectivity index (χ3v) is 3.94. The Kier molecular flexibility index (Phi) is 3.74. The molecule has 0 spiro atoms. The highest BCUT2D eigenvalue weighted by atomic mass is 32.2. The number of hydrogen-bond acceptors (Lipinski definition) is 3. The molecule has 0 aromatic carbocycles. The molecular formula is C8H16N2O3S. The monoisotopic (exact) mass is 220 g/mol. The molecule has 0 aromatic heterocycles. The second-order valence-corrected chi connectivity index (χ2v) is 5.73. The molecule has 82 valence electrons. The van der Waals surface area contributed by atoms with Gasteiger partial charge in [-0.15, -0.1) is 0 Å². The smallest absolute Gasteiger partial charge is 0.314 e. The van der Waals surface area contributed by atoms with Crippen LogP contribution in [0.5, 0.6) is 0 Å². The van der Waals surface area contributed by atoms with Gasteiger partial charge in [0.2, 0.25) is 0 Å². The molecule has 1 saturated heterocycles. The van der Waals surface area contributed by atoms with Crippen molar-refractivity contribution in [1.29, 1.82) is 0 Å². The Hall–Kier alpha value is -0.780. The molecule has 0 unspecified atom stereocenters. The Morgan fingerprint density at radius 1 is 1.36 bits per heavy atom. The van der Waals surface area contributed by atoms with E-state index in [0.717, 1.165) is 0 Å². The van der Waals surface area contributed by atoms with Crippen LogP contribution in [0.1, 0.15) is 19.8 Å². The zero-order valence-corrected chi connectivity index (χ0v) is 9.06. The van der Waals surface area contributed by atoms with Gasteiger partial charge in [-0.3, -0.25) is 0 Å². The lowest BCUT2D eigenvalue weighted by Gasteiger charge is -2.22. The van der Waals surface area contributed by atoms with Crippen molar-refractivity contribution in [1.82, 2.24) is 10.6 Å². The van der Waals surface area contributed by atoms with Crippen LogP contribution in [0.25, 0.3) is 0 Å². The highest BCUT2D eigenvalue weighted by Gasteiger charge is 2.24. The molecule has 1 rings (SSSR count). The molecule has 1 heterocycles. The average Bonchev–Trinajstić information content (AvgIpc) is 2.09. The number of sulfone groups is 1. The normalized spacial score (nSPS) is 21.5. The molecule has 6 heteroatoms. The molecule has 2 N–H and O–H groups in total. The van der Waals surface area contributed by atoms with E-state index in [-0.39, 0.29) is 23.6 Å². The molecular weight excluding hydrogens is 204 g/mol. The summed E-state index contributed by atoms with van der Waals surface area (Å²) in [6, 6.07) is -0.207. The standard InChI is InChI=1S/C8H16N2O3S/c1-2-9-8(11)10-7-3-5-14(12,13)6-4-7/h7H,2-6H2,1H3,(H2,9,10,11). The maximum Gasteiger partial charge on any atom is 0.314 e. The minimum Gasteiger partial charge on any atom is -0.338 e. The number of carbonyl (C=O) groups excluding carboxylic acids is 1. The van der Waals surface area contributed by atoms with Gasteiger partial charge >= 0.3 is 6.03 Å². The zero-order chi connectivity index (χ0) is 10.6. The van der Waals surface area contributed by atoms with E-state index in [0.29, 0.717) is 19.4 Å². The van der Waals surface area contributed by atoms with E-state index in [2.05, 4.69) is 10.6 Å². The maximum atomic E-state index is 11.1. The minimum atomic E-state index is -2.84. The lowest BCUT2D eigenvalue weighted by molar-refractivity contribution is 0.236. The lowest BCUT2D eigenvalue weighted by Crippen LogP contribution is -2.45. The molecule has 5 nitrogen and oxygen atoms in total. The van der Waals surface area contributed by atoms with E-state index >= 15 is 0 Å². The van der Waals surface area contributed by atoms with Gasteiger partial charge in [0.05, 0.1) is 11.5 Å². The fourth-order valence-corrected chi connectivity index (χ4v) is 2.92. The number of amides is 2. The SMILES string of the molecule is CCNC(=O)NC1CCS(=O)(=O)CC1. The molecule has 0 bridgehead atoms. The van der Waals surface area contributed by atoms with Gasteiger partial charge in [0.25, 0.3) is 0 Å². The molecule has 0 radical (unpaired) electrons. The van der Waals surface area contributed by atoms with Crippen molar-refractivity contribution in [3.8, 4) is 0 Å². The summed E-state index contributed by atoms with van der Waals surface area (Å²) >= 11 is 0. The average molecular weight is 220 g/mol. The van der Waals surface area contributed by atoms with Gasteiger partial charge < -0.3 is 10.6 Å². The Labute approximate surface area is 84.2 Å². The first kappa shape index (κ1) is 11.3. The van der Waals surface area contributed by atoms with Gasteiger partial charge in [0.15, 0.2) is 0 Å². The fourth-order valence-electron chi connectivity index (χ4n) is 1.43. The third-order valence-electron chi connectivity index (χ3n) is 2.23. The first-order valence-electron chi connectivity index (χ1n) is 4.78. The van der Waals surface area contributed by atoms with Crippen LogP contribution >= 0.6 is 0 Å². The zero-order valence-electron chi connectivity index (χ0n) is 8.25. The van der Waals surface area contributed by atoms with Crippen LogP contribution in [0.2, 0.25) is 0 Å². The van der Waals surface area contributed by atoms with Gasteiger partial charge in [0.1, 0.15) is 9.84 Å². The molecule has 0 aliphatic carbocycles. The van der Waals surface area contributed by atoms with Crippen LogP contribution in [0.4, 0.5) is 4.79 Å². The third kappa shape index (κ3) is 3.53. The number of carbonyl (C=O) groups is 1. The molecule has 1 aliphatic rings. The highest BCUT2D eigenvalue weighted by molar-refractivity contribution is 7.91. The van der Waals surface area contributed by atoms with Gasteiger partial charge in [-0.1, -0.05) is 0 Å². The van der Waals surface area contributed by atoms with E-state index in [1.54, 1.807) is 0 Å². The topological polar surface area (TPSA) is 75.3 Å². The van der Waals surface area contributed by atoms with Crippen molar-refractivity contribution >= 4 is 15.9 Å². The molecule has 14 heavy (non-hydrogen) atoms. The first-order chi connectivity index (χ1) is 6.53. The molecule has 2 amide bonds. The predicted octanol–water partition coefficient (Wildman–Crippen LogP) is -0.117. The highest BCUT2D eigenvalue weighted by Crippen LogP contribution is 2.11. The van der Waals surface area contributed by atoms with Crippen molar-refractivity contribution in [2.24, 2.45) is 0 Å². The van der Waals surface area contributed by atoms with Crippen molar-refractivity contribution in [3.63, 3.8) is 0 Å². The van der Waals surface area contributed by atoms with Crippen LogP contribution in [0.15, 0.2) is 0 Å². The number of rotatable bonds is 2. The van der Waals surface area contributed by atoms with E-state index in [9.17, 15) is 13.2 Å². The molecule has 1 fully saturated rings. The quantitative estimate of drug-likeness (QED) is 0.681. The largest absolute Gasteiger partial charge is 0.338 e. The Morgan fingerprint density at radius 2 is 1.93 bits per heavy atom. The van der Waals surface area contributed by atoms with E-state index in [1.165, 1.54) is 0 Å². The molecule has 0 atom stereocenters. The van der Waals surface area contributed by atoms with Gasteiger partial charge in [-0.25, -0.2) is 13.2 Å². The minimum absolute atomic E-state index is 0.00470. The predicted molar refractivity (Wildman–Crippen MR) is 53.9 cm³/mol. The van der Waals surface area contributed by atoms with Crippen molar-refractivity contribution in [3.05, 3.63) is 0 Å². The van der Waals surface area contributed by atoms with E-state index in [1.807, 2.05) is 6.92 Å². The lowest BCUT2D eigenvalue weighted by atomic mass is 10.2. The van der Waals surface area contributed by atoms with Crippen molar-refractivity contribution in [2.75, 3.05) is 18.1 Å². The summed E-state index contributed by atoms with van der Waals surface area (Å²) in [5, 5.41) is 5.36. The van der Waals surface area contributed by atoms with Crippen LogP contribution in [0.3, 0.4) is 0 Å². The summed E-state index contributed by atoms with van der Waals surface area (Å²) in [4.78, 5) is 11.1. The van der Waals surface area contributed by atoms with E-state index in [4.69, 9.17) is 0 Å². The molecule has 0 saturated carbocycles. The number of urea groups is 1. The van der Waals surface area contributed by atoms with Crippen LogP contribution in [0, 0.1) is 0 Å². The maximum absolute atomic E-state index is 11.1. The van der Waals surface area contributed by atoms with Crippen molar-refractivity contribution in [2.45, 2.75) is 25.8 Å². The van der Waals surface area contributed by atoms with Gasteiger partial charge in [-0.2, -0.15) is 0 Å². The van der Waals surface area contributed by atoms with Gasteiger partial charge in [0, 0.05) is 12.6 Å². The van der Waals surface area contributed by atoms with Crippen LogP contribution in [-0.2, 0) is 9.84 Å². The number of nitrogens with one attached hydrogen (secondary N) is 2. The molecule has 1 aliphatic heterocycles.